The molecule has 18 heavy (non-hydrogen) atoms. The van der Waals surface area contributed by atoms with Crippen LogP contribution in [0, 0.1) is 5.92 Å². The zero-order valence-corrected chi connectivity index (χ0v) is 12.1. The van der Waals surface area contributed by atoms with Crippen LogP contribution in [0.1, 0.15) is 26.7 Å². The molecule has 0 radical (unpaired) electrons. The van der Waals surface area contributed by atoms with Crippen molar-refractivity contribution in [2.24, 2.45) is 5.92 Å². The molecule has 0 spiro atoms. The Balaban J connectivity index is 1.98. The van der Waals surface area contributed by atoms with E-state index in [1.807, 2.05) is 0 Å². The summed E-state index contributed by atoms with van der Waals surface area (Å²) in [7, 11) is 0. The Labute approximate surface area is 115 Å². The first kappa shape index (κ1) is 13.6. The van der Waals surface area contributed by atoms with Gasteiger partial charge < -0.3 is 10.0 Å². The van der Waals surface area contributed by atoms with Gasteiger partial charge in [0.05, 0.1) is 5.75 Å². The van der Waals surface area contributed by atoms with Gasteiger partial charge in [-0.05, 0) is 25.7 Å². The highest BCUT2D eigenvalue weighted by Crippen LogP contribution is 2.32. The topological polar surface area (TPSA) is 66.3 Å². The largest absolute Gasteiger partial charge is 0.481 e. The number of hydrogen-bond donors (Lipinski definition) is 1. The van der Waals surface area contributed by atoms with Crippen LogP contribution in [0.2, 0.25) is 0 Å². The molecule has 1 aliphatic heterocycles. The maximum Gasteiger partial charge on any atom is 0.313 e. The lowest BCUT2D eigenvalue weighted by atomic mass is 9.94. The van der Waals surface area contributed by atoms with Crippen molar-refractivity contribution in [2.45, 2.75) is 37.1 Å². The predicted molar refractivity (Wildman–Crippen MR) is 73.5 cm³/mol. The van der Waals surface area contributed by atoms with Crippen molar-refractivity contribution < 1.29 is 9.90 Å². The van der Waals surface area contributed by atoms with Gasteiger partial charge in [0.2, 0.25) is 5.13 Å². The van der Waals surface area contributed by atoms with Crippen LogP contribution in [0.25, 0.3) is 0 Å². The summed E-state index contributed by atoms with van der Waals surface area (Å²) < 4.78 is 0.734. The van der Waals surface area contributed by atoms with Crippen LogP contribution in [-0.2, 0) is 4.79 Å². The summed E-state index contributed by atoms with van der Waals surface area (Å²) in [5.74, 6) is -0.0109. The lowest BCUT2D eigenvalue weighted by molar-refractivity contribution is -0.133. The zero-order chi connectivity index (χ0) is 13.1. The summed E-state index contributed by atoms with van der Waals surface area (Å²) in [6.07, 6.45) is 2.36. The number of aromatic nitrogens is 2. The van der Waals surface area contributed by atoms with Gasteiger partial charge in [-0.1, -0.05) is 30.0 Å². The van der Waals surface area contributed by atoms with E-state index in [1.165, 1.54) is 35.9 Å². The standard InChI is InChI=1S/C11H17N3O2S2/c1-7-3-4-14(8(2)5-7)10-12-13-11(18-10)17-6-9(15)16/h7-8H,3-6H2,1-2H3,(H,15,16). The number of nitrogens with zero attached hydrogens (tertiary/aromatic N) is 3. The van der Waals surface area contributed by atoms with Crippen molar-refractivity contribution in [2.75, 3.05) is 17.2 Å². The van der Waals surface area contributed by atoms with Gasteiger partial charge >= 0.3 is 5.97 Å². The summed E-state index contributed by atoms with van der Waals surface area (Å²) in [6, 6.07) is 0.485. The average Bonchev–Trinajstić information content (AvgIpc) is 2.75. The van der Waals surface area contributed by atoms with Gasteiger partial charge in [-0.25, -0.2) is 0 Å². The molecule has 0 bridgehead atoms. The number of carboxylic acid groups (broad SMARTS) is 1. The molecule has 1 fully saturated rings. The van der Waals surface area contributed by atoms with Crippen LogP contribution in [-0.4, -0.2) is 39.6 Å². The molecule has 1 aromatic heterocycles. The number of carbonyl (C=O) groups is 1. The van der Waals surface area contributed by atoms with Crippen LogP contribution in [0.4, 0.5) is 5.13 Å². The highest BCUT2D eigenvalue weighted by atomic mass is 32.2. The Morgan fingerprint density at radius 3 is 3.00 bits per heavy atom. The molecule has 2 atom stereocenters. The lowest BCUT2D eigenvalue weighted by Gasteiger charge is -2.35. The van der Waals surface area contributed by atoms with Gasteiger partial charge in [0, 0.05) is 12.6 Å². The zero-order valence-electron chi connectivity index (χ0n) is 10.5. The third-order valence-electron chi connectivity index (χ3n) is 3.10. The van der Waals surface area contributed by atoms with Crippen LogP contribution >= 0.6 is 23.1 Å². The van der Waals surface area contributed by atoms with Crippen molar-refractivity contribution in [1.82, 2.24) is 10.2 Å². The number of carboxylic acids is 1. The molecule has 0 aliphatic carbocycles. The summed E-state index contributed by atoms with van der Waals surface area (Å²) in [6.45, 7) is 5.50. The fraction of sp³-hybridized carbons (Fsp3) is 0.727. The highest BCUT2D eigenvalue weighted by molar-refractivity contribution is 8.01. The predicted octanol–water partition coefficient (Wildman–Crippen LogP) is 2.34. The summed E-state index contributed by atoms with van der Waals surface area (Å²) in [5, 5.41) is 17.8. The van der Waals surface area contributed by atoms with Crippen molar-refractivity contribution in [3.05, 3.63) is 0 Å². The highest BCUT2D eigenvalue weighted by Gasteiger charge is 2.25. The number of aliphatic carboxylic acids is 1. The molecular weight excluding hydrogens is 270 g/mol. The maximum absolute atomic E-state index is 10.5. The van der Waals surface area contributed by atoms with E-state index in [0.717, 1.165) is 21.9 Å². The van der Waals surface area contributed by atoms with Crippen molar-refractivity contribution in [1.29, 1.82) is 0 Å². The van der Waals surface area contributed by atoms with Crippen LogP contribution < -0.4 is 4.90 Å². The van der Waals surface area contributed by atoms with E-state index in [4.69, 9.17) is 5.11 Å². The first-order valence-electron chi connectivity index (χ1n) is 6.01. The molecule has 0 aromatic carbocycles. The van der Waals surface area contributed by atoms with Gasteiger partial charge in [-0.2, -0.15) is 0 Å². The third-order valence-corrected chi connectivity index (χ3v) is 5.18. The first-order chi connectivity index (χ1) is 8.56. The molecule has 1 saturated heterocycles. The Kier molecular flexibility index (Phi) is 4.45. The molecule has 5 nitrogen and oxygen atoms in total. The Bertz CT molecular complexity index is 424. The van der Waals surface area contributed by atoms with Crippen LogP contribution in [0.3, 0.4) is 0 Å². The SMILES string of the molecule is CC1CCN(c2nnc(SCC(=O)O)s2)C(C)C1. The Hall–Kier alpha value is -0.820. The summed E-state index contributed by atoms with van der Waals surface area (Å²) in [5.41, 5.74) is 0. The molecule has 7 heteroatoms. The molecule has 1 aliphatic rings. The summed E-state index contributed by atoms with van der Waals surface area (Å²) >= 11 is 2.72. The van der Waals surface area contributed by atoms with Crippen molar-refractivity contribution in [3.63, 3.8) is 0 Å². The second-order valence-corrected chi connectivity index (χ2v) is 6.88. The van der Waals surface area contributed by atoms with Gasteiger partial charge in [0.15, 0.2) is 4.34 Å². The van der Waals surface area contributed by atoms with E-state index < -0.39 is 5.97 Å². The molecule has 0 saturated carbocycles. The second kappa shape index (κ2) is 5.88. The third kappa shape index (κ3) is 3.35. The van der Waals surface area contributed by atoms with E-state index >= 15 is 0 Å². The summed E-state index contributed by atoms with van der Waals surface area (Å²) in [4.78, 5) is 12.8. The Morgan fingerprint density at radius 1 is 1.56 bits per heavy atom. The smallest absolute Gasteiger partial charge is 0.313 e. The number of thioether (sulfide) groups is 1. The van der Waals surface area contributed by atoms with Gasteiger partial charge in [-0.15, -0.1) is 10.2 Å². The lowest BCUT2D eigenvalue weighted by Crippen LogP contribution is -2.40. The van der Waals surface area contributed by atoms with Crippen LogP contribution in [0.5, 0.6) is 0 Å². The van der Waals surface area contributed by atoms with Gasteiger partial charge in [-0.3, -0.25) is 4.79 Å². The second-order valence-electron chi connectivity index (χ2n) is 4.70. The normalized spacial score (nSPS) is 24.2. The molecule has 1 aromatic rings. The fourth-order valence-electron chi connectivity index (χ4n) is 2.19. The fourth-order valence-corrected chi connectivity index (χ4v) is 3.88. The number of hydrogen-bond acceptors (Lipinski definition) is 6. The number of piperidine rings is 1. The minimum absolute atomic E-state index is 0.0429. The van der Waals surface area contributed by atoms with Gasteiger partial charge in [0.1, 0.15) is 0 Å². The van der Waals surface area contributed by atoms with Crippen LogP contribution in [0.15, 0.2) is 4.34 Å². The molecule has 2 heterocycles. The minimum atomic E-state index is -0.822. The van der Waals surface area contributed by atoms with E-state index in [9.17, 15) is 4.79 Å². The molecule has 1 N–H and O–H groups in total. The van der Waals surface area contributed by atoms with E-state index in [-0.39, 0.29) is 5.75 Å². The van der Waals surface area contributed by atoms with E-state index in [2.05, 4.69) is 28.9 Å². The molecular formula is C11H17N3O2S2. The minimum Gasteiger partial charge on any atom is -0.481 e. The van der Waals surface area contributed by atoms with Crippen molar-refractivity contribution >= 4 is 34.2 Å². The molecule has 2 unspecified atom stereocenters. The quantitative estimate of drug-likeness (QED) is 0.857. The van der Waals surface area contributed by atoms with Crippen molar-refractivity contribution in [3.8, 4) is 0 Å². The average molecular weight is 287 g/mol. The molecule has 0 amide bonds. The number of anilines is 1. The molecule has 2 rings (SSSR count). The monoisotopic (exact) mass is 287 g/mol. The first-order valence-corrected chi connectivity index (χ1v) is 7.81. The maximum atomic E-state index is 10.5. The van der Waals surface area contributed by atoms with Gasteiger partial charge in [0.25, 0.3) is 0 Å². The molecule has 100 valence electrons. The van der Waals surface area contributed by atoms with E-state index in [1.54, 1.807) is 0 Å². The Morgan fingerprint density at radius 2 is 2.33 bits per heavy atom. The number of rotatable bonds is 4. The van der Waals surface area contributed by atoms with E-state index in [0.29, 0.717) is 6.04 Å².